The van der Waals surface area contributed by atoms with Gasteiger partial charge in [-0.1, -0.05) is 13.8 Å². The van der Waals surface area contributed by atoms with Crippen molar-refractivity contribution in [3.05, 3.63) is 0 Å². The Morgan fingerprint density at radius 2 is 1.44 bits per heavy atom. The second kappa shape index (κ2) is 7.80. The molecule has 2 unspecified atom stereocenters. The number of likely N-dealkylation sites (tertiary alicyclic amines) is 3. The third-order valence-corrected chi connectivity index (χ3v) is 6.94. The molecular weight excluding hydrogens is 420 g/mol. The van der Waals surface area contributed by atoms with Gasteiger partial charge in [0.25, 0.3) is 5.91 Å². The van der Waals surface area contributed by atoms with Gasteiger partial charge < -0.3 is 30.6 Å². The van der Waals surface area contributed by atoms with Gasteiger partial charge in [0.05, 0.1) is 24.2 Å². The van der Waals surface area contributed by atoms with E-state index in [0.717, 1.165) is 0 Å². The maximum absolute atomic E-state index is 13.4. The van der Waals surface area contributed by atoms with E-state index in [4.69, 9.17) is 5.73 Å². The molecule has 3 aliphatic heterocycles. The van der Waals surface area contributed by atoms with E-state index in [1.54, 1.807) is 13.8 Å². The summed E-state index contributed by atoms with van der Waals surface area (Å²) in [7, 11) is 0. The summed E-state index contributed by atoms with van der Waals surface area (Å²) in [6.45, 7) is 7.58. The van der Waals surface area contributed by atoms with Crippen molar-refractivity contribution in [3.63, 3.8) is 0 Å². The summed E-state index contributed by atoms with van der Waals surface area (Å²) in [5, 5.41) is 19.9. The van der Waals surface area contributed by atoms with E-state index in [9.17, 15) is 34.2 Å². The third-order valence-electron chi connectivity index (χ3n) is 6.94. The molecule has 0 bridgehead atoms. The summed E-state index contributed by atoms with van der Waals surface area (Å²) in [6, 6.07) is -2.21. The lowest BCUT2D eigenvalue weighted by Gasteiger charge is -2.54. The van der Waals surface area contributed by atoms with Gasteiger partial charge in [-0.05, 0) is 27.2 Å². The number of nitrogens with two attached hydrogens (primary N) is 1. The molecule has 11 nitrogen and oxygen atoms in total. The third kappa shape index (κ3) is 3.29. The molecule has 3 saturated heterocycles. The van der Waals surface area contributed by atoms with E-state index in [1.807, 2.05) is 0 Å². The number of nitrogens with zero attached hydrogens (tertiary/aromatic N) is 3. The zero-order valence-corrected chi connectivity index (χ0v) is 19.1. The van der Waals surface area contributed by atoms with Gasteiger partial charge in [0, 0.05) is 19.0 Å². The largest absolute Gasteiger partial charge is 0.391 e. The molecule has 0 aromatic heterocycles. The van der Waals surface area contributed by atoms with Gasteiger partial charge in [-0.2, -0.15) is 0 Å². The van der Waals surface area contributed by atoms with Crippen molar-refractivity contribution in [2.24, 2.45) is 17.1 Å². The van der Waals surface area contributed by atoms with Crippen LogP contribution in [0, 0.1) is 11.3 Å². The van der Waals surface area contributed by atoms with Gasteiger partial charge in [0.2, 0.25) is 17.7 Å². The number of primary amides is 1. The number of hydrogen-bond acceptors (Lipinski definition) is 7. The van der Waals surface area contributed by atoms with Gasteiger partial charge in [0.1, 0.15) is 17.6 Å². The molecule has 6 atom stereocenters. The second-order valence-electron chi connectivity index (χ2n) is 9.82. The minimum Gasteiger partial charge on any atom is -0.391 e. The summed E-state index contributed by atoms with van der Waals surface area (Å²) in [6.07, 6.45) is -2.19. The van der Waals surface area contributed by atoms with Gasteiger partial charge >= 0.3 is 0 Å². The van der Waals surface area contributed by atoms with Gasteiger partial charge in [-0.3, -0.25) is 24.0 Å². The van der Waals surface area contributed by atoms with E-state index in [2.05, 4.69) is 0 Å². The molecule has 0 radical (unpaired) electrons. The van der Waals surface area contributed by atoms with Crippen LogP contribution in [0.2, 0.25) is 0 Å². The first-order valence-electron chi connectivity index (χ1n) is 10.8. The van der Waals surface area contributed by atoms with Crippen molar-refractivity contribution in [2.75, 3.05) is 19.6 Å². The fourth-order valence-electron chi connectivity index (χ4n) is 5.54. The second-order valence-corrected chi connectivity index (χ2v) is 9.82. The van der Waals surface area contributed by atoms with Gasteiger partial charge in [-0.15, -0.1) is 0 Å². The van der Waals surface area contributed by atoms with Crippen LogP contribution >= 0.6 is 0 Å². The Bertz CT molecular complexity index is 872. The van der Waals surface area contributed by atoms with Crippen LogP contribution in [0.4, 0.5) is 0 Å². The van der Waals surface area contributed by atoms with E-state index >= 15 is 0 Å². The topological polar surface area (TPSA) is 162 Å². The van der Waals surface area contributed by atoms with E-state index in [-0.39, 0.29) is 37.7 Å². The van der Waals surface area contributed by atoms with Crippen LogP contribution in [-0.4, -0.2) is 104 Å². The minimum atomic E-state index is -1.28. The van der Waals surface area contributed by atoms with Crippen molar-refractivity contribution in [1.82, 2.24) is 14.7 Å². The smallest absolute Gasteiger partial charge is 0.251 e. The van der Waals surface area contributed by atoms with Crippen LogP contribution < -0.4 is 5.73 Å². The van der Waals surface area contributed by atoms with Crippen molar-refractivity contribution < 1.29 is 34.2 Å². The monoisotopic (exact) mass is 452 g/mol. The number of amides is 4. The Balaban J connectivity index is 1.91. The standard InChI is InChI=1S/C21H32N4O7/c1-10(2)17(30)25-8-20(7-23(18(20)31)15(13(5)28)16(22)29)6-21(25)9-24(19(21)32)14(11(3)26)12(4)27/h10-11,13-15,26,28H,6-9H2,1-5H3,(H2,22,29)/t11-,13-,14+,15+,20?,21?/m1/s1. The number of Topliss-reactive ketones (excluding diaryl/α,β-unsaturated/α-hetero) is 1. The number of aliphatic hydroxyl groups is 2. The fourth-order valence-corrected chi connectivity index (χ4v) is 5.54. The molecule has 0 aromatic rings. The van der Waals surface area contributed by atoms with E-state index in [1.165, 1.54) is 35.5 Å². The molecule has 3 rings (SSSR count). The highest BCUT2D eigenvalue weighted by Crippen LogP contribution is 2.53. The van der Waals surface area contributed by atoms with Gasteiger partial charge in [-0.25, -0.2) is 0 Å². The maximum atomic E-state index is 13.4. The lowest BCUT2D eigenvalue weighted by molar-refractivity contribution is -0.177. The lowest BCUT2D eigenvalue weighted by atomic mass is 9.70. The minimum absolute atomic E-state index is 0.00361. The van der Waals surface area contributed by atoms with Crippen LogP contribution in [0.3, 0.4) is 0 Å². The van der Waals surface area contributed by atoms with E-state index in [0.29, 0.717) is 0 Å². The zero-order chi connectivity index (χ0) is 24.3. The molecule has 3 heterocycles. The number of hydrogen-bond donors (Lipinski definition) is 3. The normalized spacial score (nSPS) is 30.9. The van der Waals surface area contributed by atoms with Crippen LogP contribution in [0.25, 0.3) is 0 Å². The highest BCUT2D eigenvalue weighted by Gasteiger charge is 2.73. The highest BCUT2D eigenvalue weighted by atomic mass is 16.3. The first-order valence-corrected chi connectivity index (χ1v) is 10.8. The molecule has 0 aromatic carbocycles. The average molecular weight is 453 g/mol. The predicted octanol–water partition coefficient (Wildman–Crippen LogP) is -2.14. The molecule has 0 saturated carbocycles. The molecule has 3 aliphatic rings. The highest BCUT2D eigenvalue weighted by molar-refractivity contribution is 6.04. The van der Waals surface area contributed by atoms with Crippen LogP contribution in [-0.2, 0) is 24.0 Å². The van der Waals surface area contributed by atoms with Crippen LogP contribution in [0.1, 0.15) is 41.0 Å². The molecule has 2 spiro atoms. The van der Waals surface area contributed by atoms with Crippen LogP contribution in [0.5, 0.6) is 0 Å². The Morgan fingerprint density at radius 1 is 0.906 bits per heavy atom. The molecule has 4 N–H and O–H groups in total. The Labute approximate surface area is 186 Å². The summed E-state index contributed by atoms with van der Waals surface area (Å²) < 4.78 is 0. The summed E-state index contributed by atoms with van der Waals surface area (Å²) >= 11 is 0. The van der Waals surface area contributed by atoms with Gasteiger partial charge in [0.15, 0.2) is 5.78 Å². The summed E-state index contributed by atoms with van der Waals surface area (Å²) in [4.78, 5) is 67.2. The summed E-state index contributed by atoms with van der Waals surface area (Å²) in [5.74, 6) is -2.84. The Kier molecular flexibility index (Phi) is 5.88. The first kappa shape index (κ1) is 24.1. The zero-order valence-electron chi connectivity index (χ0n) is 19.1. The molecule has 4 amide bonds. The first-order chi connectivity index (χ1) is 14.7. The quantitative estimate of drug-likeness (QED) is 0.371. The molecular formula is C21H32N4O7. The average Bonchev–Trinajstić information content (AvgIpc) is 3.05. The SMILES string of the molecule is CC(=O)[C@H]([C@@H](C)O)N1CC2(CC3(CN([C@H](C(N)=O)[C@@H](C)O)C3=O)CN2C(=O)C(C)C)C1=O. The summed E-state index contributed by atoms with van der Waals surface area (Å²) in [5.41, 5.74) is 3.02. The molecule has 3 fully saturated rings. The lowest BCUT2D eigenvalue weighted by Crippen LogP contribution is -2.77. The number of β-lactam (4-membered cyclic amide) rings is 2. The van der Waals surface area contributed by atoms with Crippen molar-refractivity contribution in [1.29, 1.82) is 0 Å². The Morgan fingerprint density at radius 3 is 1.81 bits per heavy atom. The number of aliphatic hydroxyl groups excluding tert-OH is 2. The van der Waals surface area contributed by atoms with Crippen molar-refractivity contribution >= 4 is 29.4 Å². The van der Waals surface area contributed by atoms with Crippen molar-refractivity contribution in [3.8, 4) is 0 Å². The molecule has 32 heavy (non-hydrogen) atoms. The fraction of sp³-hybridized carbons (Fsp3) is 0.762. The maximum Gasteiger partial charge on any atom is 0.251 e. The predicted molar refractivity (Wildman–Crippen MR) is 111 cm³/mol. The van der Waals surface area contributed by atoms with Crippen molar-refractivity contribution in [2.45, 2.75) is 70.9 Å². The molecule has 0 aliphatic carbocycles. The molecule has 11 heteroatoms. The number of rotatable bonds is 7. The molecule has 178 valence electrons. The number of ketones is 1. The number of carbonyl (C=O) groups is 5. The Hall–Kier alpha value is -2.53. The van der Waals surface area contributed by atoms with Crippen LogP contribution in [0.15, 0.2) is 0 Å². The van der Waals surface area contributed by atoms with E-state index < -0.39 is 58.9 Å². The number of carbonyl (C=O) groups excluding carboxylic acids is 5.